The third-order valence-corrected chi connectivity index (χ3v) is 5.41. The van der Waals surface area contributed by atoms with E-state index >= 15 is 0 Å². The summed E-state index contributed by atoms with van der Waals surface area (Å²) in [6.07, 6.45) is 2.25. The summed E-state index contributed by atoms with van der Waals surface area (Å²) in [5, 5.41) is 9.17. The average Bonchev–Trinajstić information content (AvgIpc) is 2.30. The van der Waals surface area contributed by atoms with Crippen LogP contribution >= 0.6 is 0 Å². The molecule has 1 N–H and O–H groups in total. The summed E-state index contributed by atoms with van der Waals surface area (Å²) in [6, 6.07) is 8.40. The molecular formula is C12H16O3S. The van der Waals surface area contributed by atoms with Gasteiger partial charge in [0.1, 0.15) is 0 Å². The number of rotatable bonds is 2. The van der Waals surface area contributed by atoms with Gasteiger partial charge in [-0.25, -0.2) is 8.42 Å². The number of aliphatic hydroxyl groups excluding tert-OH is 1. The lowest BCUT2D eigenvalue weighted by atomic mass is 9.97. The molecule has 1 aliphatic rings. The van der Waals surface area contributed by atoms with E-state index in [1.165, 1.54) is 0 Å². The lowest BCUT2D eigenvalue weighted by Gasteiger charge is -2.27. The Kier molecular flexibility index (Phi) is 3.30. The maximum absolute atomic E-state index is 12.2. The van der Waals surface area contributed by atoms with Crippen molar-refractivity contribution in [2.24, 2.45) is 0 Å². The zero-order chi connectivity index (χ0) is 11.6. The molecule has 1 aliphatic carbocycles. The molecule has 2 rings (SSSR count). The molecule has 0 aliphatic heterocycles. The highest BCUT2D eigenvalue weighted by molar-refractivity contribution is 7.92. The SMILES string of the molecule is O=S(=O)(c1ccccc1)[C@H]1CCCC[C@@H]1O. The van der Waals surface area contributed by atoms with Crippen LogP contribution in [0.25, 0.3) is 0 Å². The summed E-state index contributed by atoms with van der Waals surface area (Å²) in [6.45, 7) is 0. The lowest BCUT2D eigenvalue weighted by Crippen LogP contribution is -2.36. The highest BCUT2D eigenvalue weighted by atomic mass is 32.2. The lowest BCUT2D eigenvalue weighted by molar-refractivity contribution is 0.133. The molecular weight excluding hydrogens is 224 g/mol. The quantitative estimate of drug-likeness (QED) is 0.857. The molecule has 3 nitrogen and oxygen atoms in total. The fourth-order valence-electron chi connectivity index (χ4n) is 2.22. The number of hydrogen-bond donors (Lipinski definition) is 1. The second-order valence-corrected chi connectivity index (χ2v) is 6.42. The Hall–Kier alpha value is -0.870. The van der Waals surface area contributed by atoms with Crippen LogP contribution in [0.4, 0.5) is 0 Å². The van der Waals surface area contributed by atoms with E-state index in [1.807, 2.05) is 0 Å². The molecule has 2 atom stereocenters. The van der Waals surface area contributed by atoms with Gasteiger partial charge in [0.25, 0.3) is 0 Å². The number of benzene rings is 1. The standard InChI is InChI=1S/C12H16O3S/c13-11-8-4-5-9-12(11)16(14,15)10-6-2-1-3-7-10/h1-3,6-7,11-13H,4-5,8-9H2/t11-,12-/m0/s1. The van der Waals surface area contributed by atoms with Gasteiger partial charge in [-0.1, -0.05) is 31.0 Å². The first-order chi connectivity index (χ1) is 7.62. The monoisotopic (exact) mass is 240 g/mol. The topological polar surface area (TPSA) is 54.4 Å². The highest BCUT2D eigenvalue weighted by Crippen LogP contribution is 2.28. The van der Waals surface area contributed by atoms with E-state index < -0.39 is 21.2 Å². The number of sulfone groups is 1. The van der Waals surface area contributed by atoms with Crippen LogP contribution in [0.15, 0.2) is 35.2 Å². The Morgan fingerprint density at radius 2 is 1.69 bits per heavy atom. The van der Waals surface area contributed by atoms with Crippen molar-refractivity contribution < 1.29 is 13.5 Å². The van der Waals surface area contributed by atoms with Crippen molar-refractivity contribution >= 4 is 9.84 Å². The summed E-state index contributed by atoms with van der Waals surface area (Å²) in [4.78, 5) is 0.320. The van der Waals surface area contributed by atoms with Gasteiger partial charge in [0.15, 0.2) is 9.84 Å². The Bertz CT molecular complexity index is 439. The third kappa shape index (κ3) is 2.13. The largest absolute Gasteiger partial charge is 0.392 e. The predicted octanol–water partition coefficient (Wildman–Crippen LogP) is 1.76. The van der Waals surface area contributed by atoms with Crippen LogP contribution < -0.4 is 0 Å². The van der Waals surface area contributed by atoms with E-state index in [2.05, 4.69) is 0 Å². The smallest absolute Gasteiger partial charge is 0.183 e. The molecule has 0 unspecified atom stereocenters. The van der Waals surface area contributed by atoms with E-state index in [0.29, 0.717) is 17.7 Å². The minimum atomic E-state index is -3.36. The van der Waals surface area contributed by atoms with Gasteiger partial charge in [-0.2, -0.15) is 0 Å². The molecule has 0 saturated heterocycles. The third-order valence-electron chi connectivity index (χ3n) is 3.14. The van der Waals surface area contributed by atoms with Crippen molar-refractivity contribution in [2.45, 2.75) is 41.9 Å². The predicted molar refractivity (Wildman–Crippen MR) is 61.9 cm³/mol. The second kappa shape index (κ2) is 4.55. The first-order valence-corrected chi connectivity index (χ1v) is 7.14. The summed E-state index contributed by atoms with van der Waals surface area (Å²) < 4.78 is 24.5. The summed E-state index contributed by atoms with van der Waals surface area (Å²) in [5.41, 5.74) is 0. The normalized spacial score (nSPS) is 26.6. The average molecular weight is 240 g/mol. The molecule has 16 heavy (non-hydrogen) atoms. The van der Waals surface area contributed by atoms with Crippen LogP contribution in [0.3, 0.4) is 0 Å². The fourth-order valence-corrected chi connectivity index (χ4v) is 4.14. The van der Waals surface area contributed by atoms with E-state index in [9.17, 15) is 13.5 Å². The Labute approximate surface area is 96.0 Å². The molecule has 0 aromatic heterocycles. The minimum absolute atomic E-state index is 0.320. The highest BCUT2D eigenvalue weighted by Gasteiger charge is 2.35. The Balaban J connectivity index is 2.32. The van der Waals surface area contributed by atoms with Gasteiger partial charge in [0, 0.05) is 0 Å². The van der Waals surface area contributed by atoms with Gasteiger partial charge in [0.05, 0.1) is 16.2 Å². The minimum Gasteiger partial charge on any atom is -0.392 e. The van der Waals surface area contributed by atoms with Crippen LogP contribution in [0.5, 0.6) is 0 Å². The molecule has 0 bridgehead atoms. The Morgan fingerprint density at radius 1 is 1.06 bits per heavy atom. The zero-order valence-electron chi connectivity index (χ0n) is 9.04. The first-order valence-electron chi connectivity index (χ1n) is 5.59. The van der Waals surface area contributed by atoms with Crippen molar-refractivity contribution in [1.82, 2.24) is 0 Å². The van der Waals surface area contributed by atoms with Crippen LogP contribution in [-0.4, -0.2) is 24.9 Å². The molecule has 0 heterocycles. The summed E-state index contributed by atoms with van der Waals surface area (Å²) in [7, 11) is -3.36. The Morgan fingerprint density at radius 3 is 2.31 bits per heavy atom. The van der Waals surface area contributed by atoms with Crippen LogP contribution in [0.1, 0.15) is 25.7 Å². The fraction of sp³-hybridized carbons (Fsp3) is 0.500. The molecule has 4 heteroatoms. The van der Waals surface area contributed by atoms with E-state index in [4.69, 9.17) is 0 Å². The van der Waals surface area contributed by atoms with Gasteiger partial charge < -0.3 is 5.11 Å². The van der Waals surface area contributed by atoms with Gasteiger partial charge in [-0.15, -0.1) is 0 Å². The first kappa shape index (κ1) is 11.6. The van der Waals surface area contributed by atoms with Crippen LogP contribution in [-0.2, 0) is 9.84 Å². The van der Waals surface area contributed by atoms with E-state index in [0.717, 1.165) is 12.8 Å². The van der Waals surface area contributed by atoms with Crippen LogP contribution in [0.2, 0.25) is 0 Å². The van der Waals surface area contributed by atoms with E-state index in [-0.39, 0.29) is 0 Å². The molecule has 0 spiro atoms. The van der Waals surface area contributed by atoms with Gasteiger partial charge in [-0.3, -0.25) is 0 Å². The maximum Gasteiger partial charge on any atom is 0.183 e. The maximum atomic E-state index is 12.2. The number of aliphatic hydroxyl groups is 1. The molecule has 1 aromatic rings. The summed E-state index contributed by atoms with van der Waals surface area (Å²) >= 11 is 0. The molecule has 1 saturated carbocycles. The molecule has 0 amide bonds. The van der Waals surface area contributed by atoms with E-state index in [1.54, 1.807) is 30.3 Å². The molecule has 0 radical (unpaired) electrons. The molecule has 88 valence electrons. The molecule has 1 fully saturated rings. The van der Waals surface area contributed by atoms with Gasteiger partial charge in [0.2, 0.25) is 0 Å². The van der Waals surface area contributed by atoms with Gasteiger partial charge in [-0.05, 0) is 25.0 Å². The molecule has 1 aromatic carbocycles. The summed E-state index contributed by atoms with van der Waals surface area (Å²) in [5.74, 6) is 0. The van der Waals surface area contributed by atoms with Crippen molar-refractivity contribution in [1.29, 1.82) is 0 Å². The van der Waals surface area contributed by atoms with Crippen molar-refractivity contribution in [3.05, 3.63) is 30.3 Å². The zero-order valence-corrected chi connectivity index (χ0v) is 9.86. The van der Waals surface area contributed by atoms with Crippen molar-refractivity contribution in [3.63, 3.8) is 0 Å². The number of hydrogen-bond acceptors (Lipinski definition) is 3. The van der Waals surface area contributed by atoms with Gasteiger partial charge >= 0.3 is 0 Å². The van der Waals surface area contributed by atoms with Crippen molar-refractivity contribution in [3.8, 4) is 0 Å². The van der Waals surface area contributed by atoms with Crippen molar-refractivity contribution in [2.75, 3.05) is 0 Å². The van der Waals surface area contributed by atoms with Crippen LogP contribution in [0, 0.1) is 0 Å². The second-order valence-electron chi connectivity index (χ2n) is 4.25.